The van der Waals surface area contributed by atoms with E-state index in [-0.39, 0.29) is 0 Å². The van der Waals surface area contributed by atoms with Gasteiger partial charge in [0.05, 0.1) is 0 Å². The Balaban J connectivity index is 3.73. The van der Waals surface area contributed by atoms with E-state index >= 15 is 0 Å². The topological polar surface area (TPSA) is 0 Å². The van der Waals surface area contributed by atoms with E-state index in [1.807, 2.05) is 0 Å². The zero-order chi connectivity index (χ0) is 5.45. The van der Waals surface area contributed by atoms with Crippen LogP contribution < -0.4 is 0 Å². The van der Waals surface area contributed by atoms with Crippen LogP contribution in [0.5, 0.6) is 0 Å². The average molecular weight is 108 g/mol. The van der Waals surface area contributed by atoms with Gasteiger partial charge in [-0.3, -0.25) is 9.16 Å². The zero-order valence-electron chi connectivity index (χ0n) is 5.45. The standard InChI is InChI=1S/C5H16S/c1-6(2,3,4)5/h6H,1-5H3. The summed E-state index contributed by atoms with van der Waals surface area (Å²) in [4.78, 5) is 0. The molecule has 0 aliphatic carbocycles. The maximum absolute atomic E-state index is 2.34. The van der Waals surface area contributed by atoms with Crippen LogP contribution in [-0.4, -0.2) is 31.3 Å². The van der Waals surface area contributed by atoms with Gasteiger partial charge in [0.1, 0.15) is 0 Å². The van der Waals surface area contributed by atoms with Crippen molar-refractivity contribution in [3.05, 3.63) is 0 Å². The van der Waals surface area contributed by atoms with Crippen molar-refractivity contribution in [2.75, 3.05) is 31.3 Å². The summed E-state index contributed by atoms with van der Waals surface area (Å²) in [7, 11) is -1.05. The van der Waals surface area contributed by atoms with Crippen molar-refractivity contribution < 1.29 is 0 Å². The van der Waals surface area contributed by atoms with Crippen molar-refractivity contribution in [3.8, 4) is 0 Å². The van der Waals surface area contributed by atoms with Gasteiger partial charge in [-0.2, -0.15) is 0 Å². The Morgan fingerprint density at radius 2 is 0.667 bits per heavy atom. The maximum Gasteiger partial charge on any atom is -0.0484 e. The molecule has 0 fully saturated rings. The SMILES string of the molecule is C[SH](C)(C)(C)C. The van der Waals surface area contributed by atoms with Crippen molar-refractivity contribution >= 4 is 9.16 Å². The highest BCUT2D eigenvalue weighted by molar-refractivity contribution is 8.47. The minimum atomic E-state index is -1.05. The molecule has 0 aromatic carbocycles. The van der Waals surface area contributed by atoms with Gasteiger partial charge in [0.15, 0.2) is 0 Å². The lowest BCUT2D eigenvalue weighted by molar-refractivity contribution is 1.88. The fourth-order valence-corrected chi connectivity index (χ4v) is 0. The van der Waals surface area contributed by atoms with Crippen LogP contribution in [0.25, 0.3) is 0 Å². The van der Waals surface area contributed by atoms with E-state index in [9.17, 15) is 0 Å². The highest BCUT2D eigenvalue weighted by Crippen LogP contribution is 2.50. The van der Waals surface area contributed by atoms with Crippen LogP contribution in [0.3, 0.4) is 0 Å². The third-order valence-electron chi connectivity index (χ3n) is 0. The molecule has 0 saturated heterocycles. The Labute approximate surface area is 41.2 Å². The number of rotatable bonds is 0. The Morgan fingerprint density at radius 1 is 0.667 bits per heavy atom. The normalized spacial score (nSPS) is 19.2. The summed E-state index contributed by atoms with van der Waals surface area (Å²) in [5.41, 5.74) is 0. The van der Waals surface area contributed by atoms with E-state index in [1.165, 1.54) is 0 Å². The predicted octanol–water partition coefficient (Wildman–Crippen LogP) is 1.21. The summed E-state index contributed by atoms with van der Waals surface area (Å²) in [5.74, 6) is 0. The van der Waals surface area contributed by atoms with Gasteiger partial charge in [-0.1, -0.05) is 0 Å². The Bertz CT molecular complexity index is 37.1. The molecule has 6 heavy (non-hydrogen) atoms. The molecule has 0 N–H and O–H groups in total. The fraction of sp³-hybridized carbons (Fsp3) is 1.00. The first-order valence-corrected chi connectivity index (χ1v) is 6.71. The molecule has 0 spiro atoms. The van der Waals surface area contributed by atoms with Crippen molar-refractivity contribution in [1.82, 2.24) is 0 Å². The van der Waals surface area contributed by atoms with Crippen molar-refractivity contribution in [1.29, 1.82) is 0 Å². The summed E-state index contributed by atoms with van der Waals surface area (Å²) >= 11 is 0. The highest BCUT2D eigenvalue weighted by Gasteiger charge is 2.07. The summed E-state index contributed by atoms with van der Waals surface area (Å²) in [6, 6.07) is 0. The van der Waals surface area contributed by atoms with Gasteiger partial charge in [0.2, 0.25) is 0 Å². The van der Waals surface area contributed by atoms with Crippen LogP contribution in [0, 0.1) is 0 Å². The highest BCUT2D eigenvalue weighted by atomic mass is 32.3. The molecule has 0 amide bonds. The van der Waals surface area contributed by atoms with E-state index in [2.05, 4.69) is 31.3 Å². The van der Waals surface area contributed by atoms with Gasteiger partial charge in [0, 0.05) is 0 Å². The molecule has 0 aliphatic heterocycles. The van der Waals surface area contributed by atoms with E-state index in [1.54, 1.807) is 0 Å². The Morgan fingerprint density at radius 3 is 0.667 bits per heavy atom. The lowest BCUT2D eigenvalue weighted by Gasteiger charge is -2.41. The molecule has 0 unspecified atom stereocenters. The molecule has 1 heteroatoms. The van der Waals surface area contributed by atoms with Crippen LogP contribution >= 0.6 is 9.16 Å². The van der Waals surface area contributed by atoms with Crippen molar-refractivity contribution in [2.24, 2.45) is 0 Å². The molecular weight excluding hydrogens is 92.1 g/mol. The first kappa shape index (κ1) is 6.35. The summed E-state index contributed by atoms with van der Waals surface area (Å²) in [6.45, 7) is 0. The monoisotopic (exact) mass is 108 g/mol. The summed E-state index contributed by atoms with van der Waals surface area (Å²) in [5, 5.41) is 0. The van der Waals surface area contributed by atoms with Crippen LogP contribution in [0.15, 0.2) is 0 Å². The largest absolute Gasteiger partial charge is 0.295 e. The summed E-state index contributed by atoms with van der Waals surface area (Å²) < 4.78 is 0. The third-order valence-corrected chi connectivity index (χ3v) is 0. The molecule has 0 aromatic heterocycles. The van der Waals surface area contributed by atoms with Crippen LogP contribution in [0.2, 0.25) is 0 Å². The molecule has 0 bridgehead atoms. The van der Waals surface area contributed by atoms with Crippen LogP contribution in [0.4, 0.5) is 0 Å². The van der Waals surface area contributed by atoms with Crippen LogP contribution in [-0.2, 0) is 0 Å². The first-order chi connectivity index (χ1) is 2.24. The Hall–Kier alpha value is 0.350. The molecule has 0 saturated carbocycles. The number of hydrogen-bond acceptors (Lipinski definition) is 0. The number of thiol groups is 1. The van der Waals surface area contributed by atoms with Crippen molar-refractivity contribution in [2.45, 2.75) is 0 Å². The van der Waals surface area contributed by atoms with Crippen LogP contribution in [0.1, 0.15) is 0 Å². The molecule has 0 nitrogen and oxygen atoms in total. The zero-order valence-corrected chi connectivity index (χ0v) is 6.34. The summed E-state index contributed by atoms with van der Waals surface area (Å²) in [6.07, 6.45) is 11.7. The van der Waals surface area contributed by atoms with E-state index in [4.69, 9.17) is 0 Å². The van der Waals surface area contributed by atoms with E-state index in [0.717, 1.165) is 0 Å². The second-order valence-corrected chi connectivity index (χ2v) is 13.4. The lowest BCUT2D eigenvalue weighted by atomic mass is 11.8. The van der Waals surface area contributed by atoms with E-state index in [0.29, 0.717) is 0 Å². The molecule has 0 heterocycles. The van der Waals surface area contributed by atoms with E-state index < -0.39 is 9.16 Å². The molecule has 0 radical (unpaired) electrons. The van der Waals surface area contributed by atoms with Gasteiger partial charge >= 0.3 is 0 Å². The third kappa shape index (κ3) is 399. The van der Waals surface area contributed by atoms with Gasteiger partial charge in [-0.25, -0.2) is 0 Å². The molecule has 0 atom stereocenters. The Kier molecular flexibility index (Phi) is 1.00. The minimum absolute atomic E-state index is 1.05. The first-order valence-electron chi connectivity index (χ1n) is 2.24. The molecule has 0 aromatic rings. The number of hydrogen-bond donors (Lipinski definition) is 1. The molecule has 42 valence electrons. The smallest absolute Gasteiger partial charge is 0.0484 e. The molecule has 0 aliphatic rings. The maximum atomic E-state index is 2.34. The second kappa shape index (κ2) is 0.945. The van der Waals surface area contributed by atoms with Gasteiger partial charge in [0.25, 0.3) is 0 Å². The predicted molar refractivity (Wildman–Crippen MR) is 38.6 cm³/mol. The minimum Gasteiger partial charge on any atom is -0.295 e. The fourth-order valence-electron chi connectivity index (χ4n) is 0. The molecule has 0 rings (SSSR count). The van der Waals surface area contributed by atoms with Gasteiger partial charge in [-0.15, -0.1) is 0 Å². The quantitative estimate of drug-likeness (QED) is 0.443. The molecular formula is C5H16S. The van der Waals surface area contributed by atoms with Gasteiger partial charge < -0.3 is 0 Å². The van der Waals surface area contributed by atoms with Gasteiger partial charge in [-0.05, 0) is 31.3 Å². The lowest BCUT2D eigenvalue weighted by Crippen LogP contribution is -2.05. The second-order valence-electron chi connectivity index (χ2n) is 4.47. The van der Waals surface area contributed by atoms with Crippen molar-refractivity contribution in [3.63, 3.8) is 0 Å². The average Bonchev–Trinajstić information content (AvgIpc) is 0.650.